The van der Waals surface area contributed by atoms with Crippen molar-refractivity contribution in [1.82, 2.24) is 4.98 Å². The van der Waals surface area contributed by atoms with Crippen LogP contribution in [0.1, 0.15) is 5.56 Å². The Labute approximate surface area is 78.7 Å². The number of hydrogen-bond acceptors (Lipinski definition) is 2. The van der Waals surface area contributed by atoms with Gasteiger partial charge >= 0.3 is 0 Å². The van der Waals surface area contributed by atoms with E-state index < -0.39 is 0 Å². The molecule has 0 aliphatic carbocycles. The van der Waals surface area contributed by atoms with Gasteiger partial charge in [-0.3, -0.25) is 4.98 Å². The molecule has 1 rings (SSSR count). The second-order valence-corrected chi connectivity index (χ2v) is 3.06. The van der Waals surface area contributed by atoms with Crippen LogP contribution in [0, 0.1) is 0 Å². The lowest BCUT2D eigenvalue weighted by Crippen LogP contribution is -1.91. The van der Waals surface area contributed by atoms with E-state index in [1.165, 1.54) is 0 Å². The van der Waals surface area contributed by atoms with Crippen LogP contribution in [0.25, 0.3) is 0 Å². The summed E-state index contributed by atoms with van der Waals surface area (Å²) in [6.45, 7) is 0. The standard InChI is InChI=1S/C7H7BrClNO/c1-11-7-4-10-3-6(8)5(7)2-9/h3-4H,2H2,1H3. The highest BCUT2D eigenvalue weighted by molar-refractivity contribution is 9.10. The van der Waals surface area contributed by atoms with Gasteiger partial charge in [0.2, 0.25) is 0 Å². The minimum absolute atomic E-state index is 0.423. The van der Waals surface area contributed by atoms with Crippen molar-refractivity contribution >= 4 is 27.5 Å². The van der Waals surface area contributed by atoms with Gasteiger partial charge in [0.25, 0.3) is 0 Å². The van der Waals surface area contributed by atoms with Gasteiger partial charge in [0.05, 0.1) is 19.2 Å². The molecular weight excluding hydrogens is 229 g/mol. The van der Waals surface area contributed by atoms with Crippen LogP contribution in [0.4, 0.5) is 0 Å². The van der Waals surface area contributed by atoms with Crippen LogP contribution in [0.2, 0.25) is 0 Å². The molecule has 0 unspecified atom stereocenters. The van der Waals surface area contributed by atoms with Crippen molar-refractivity contribution in [2.75, 3.05) is 7.11 Å². The molecule has 0 N–H and O–H groups in total. The van der Waals surface area contributed by atoms with Gasteiger partial charge in [0.15, 0.2) is 0 Å². The molecule has 0 bridgehead atoms. The van der Waals surface area contributed by atoms with E-state index in [0.717, 1.165) is 15.8 Å². The third-order valence-corrected chi connectivity index (χ3v) is 2.27. The molecular formula is C7H7BrClNO. The molecule has 60 valence electrons. The Kier molecular flexibility index (Phi) is 3.15. The van der Waals surface area contributed by atoms with E-state index in [1.54, 1.807) is 19.5 Å². The molecule has 0 amide bonds. The van der Waals surface area contributed by atoms with Gasteiger partial charge in [-0.2, -0.15) is 0 Å². The van der Waals surface area contributed by atoms with Gasteiger partial charge in [0.1, 0.15) is 5.75 Å². The molecule has 0 radical (unpaired) electrons. The van der Waals surface area contributed by atoms with E-state index in [9.17, 15) is 0 Å². The maximum absolute atomic E-state index is 5.68. The quantitative estimate of drug-likeness (QED) is 0.737. The number of hydrogen-bond donors (Lipinski definition) is 0. The molecule has 1 heterocycles. The highest BCUT2D eigenvalue weighted by Gasteiger charge is 2.05. The minimum Gasteiger partial charge on any atom is -0.495 e. The van der Waals surface area contributed by atoms with Gasteiger partial charge in [-0.15, -0.1) is 11.6 Å². The maximum Gasteiger partial charge on any atom is 0.142 e. The van der Waals surface area contributed by atoms with Gasteiger partial charge in [-0.25, -0.2) is 0 Å². The van der Waals surface area contributed by atoms with E-state index in [2.05, 4.69) is 20.9 Å². The summed E-state index contributed by atoms with van der Waals surface area (Å²) in [7, 11) is 1.60. The average Bonchev–Trinajstić information content (AvgIpc) is 2.04. The van der Waals surface area contributed by atoms with Gasteiger partial charge in [-0.05, 0) is 15.9 Å². The van der Waals surface area contributed by atoms with Crippen molar-refractivity contribution in [3.63, 3.8) is 0 Å². The average molecular weight is 236 g/mol. The fourth-order valence-corrected chi connectivity index (χ4v) is 1.64. The lowest BCUT2D eigenvalue weighted by Gasteiger charge is -2.05. The van der Waals surface area contributed by atoms with Crippen molar-refractivity contribution in [1.29, 1.82) is 0 Å². The largest absolute Gasteiger partial charge is 0.495 e. The van der Waals surface area contributed by atoms with Crippen LogP contribution in [0.15, 0.2) is 16.9 Å². The van der Waals surface area contributed by atoms with Crippen molar-refractivity contribution in [2.45, 2.75) is 5.88 Å². The normalized spacial score (nSPS) is 9.73. The van der Waals surface area contributed by atoms with Crippen LogP contribution in [0.3, 0.4) is 0 Å². The molecule has 0 spiro atoms. The van der Waals surface area contributed by atoms with Gasteiger partial charge in [0, 0.05) is 16.2 Å². The van der Waals surface area contributed by atoms with E-state index in [4.69, 9.17) is 16.3 Å². The summed E-state index contributed by atoms with van der Waals surface area (Å²) in [5.74, 6) is 1.14. The number of methoxy groups -OCH3 is 1. The molecule has 0 aromatic carbocycles. The van der Waals surface area contributed by atoms with Gasteiger partial charge < -0.3 is 4.74 Å². The Morgan fingerprint density at radius 3 is 2.82 bits per heavy atom. The minimum atomic E-state index is 0.423. The lowest BCUT2D eigenvalue weighted by molar-refractivity contribution is 0.409. The van der Waals surface area contributed by atoms with Crippen molar-refractivity contribution in [3.05, 3.63) is 22.4 Å². The second-order valence-electron chi connectivity index (χ2n) is 1.94. The summed E-state index contributed by atoms with van der Waals surface area (Å²) < 4.78 is 5.92. The van der Waals surface area contributed by atoms with Crippen molar-refractivity contribution in [3.8, 4) is 5.75 Å². The summed E-state index contributed by atoms with van der Waals surface area (Å²) in [6, 6.07) is 0. The fraction of sp³-hybridized carbons (Fsp3) is 0.286. The SMILES string of the molecule is COc1cncc(Br)c1CCl. The smallest absolute Gasteiger partial charge is 0.142 e. The van der Waals surface area contributed by atoms with Crippen molar-refractivity contribution in [2.24, 2.45) is 0 Å². The molecule has 1 aromatic rings. The zero-order valence-electron chi connectivity index (χ0n) is 5.97. The van der Waals surface area contributed by atoms with Crippen LogP contribution < -0.4 is 4.74 Å². The first kappa shape index (κ1) is 8.81. The second kappa shape index (κ2) is 3.93. The van der Waals surface area contributed by atoms with Crippen LogP contribution >= 0.6 is 27.5 Å². The molecule has 0 fully saturated rings. The molecule has 0 atom stereocenters. The first-order valence-electron chi connectivity index (χ1n) is 3.02. The molecule has 0 saturated heterocycles. The molecule has 0 aliphatic heterocycles. The Morgan fingerprint density at radius 2 is 2.36 bits per heavy atom. The summed E-state index contributed by atoms with van der Waals surface area (Å²) in [6.07, 6.45) is 3.34. The Hall–Kier alpha value is -0.280. The molecule has 11 heavy (non-hydrogen) atoms. The number of ether oxygens (including phenoxy) is 1. The summed E-state index contributed by atoms with van der Waals surface area (Å²) in [5.41, 5.74) is 0.934. The Balaban J connectivity index is 3.13. The zero-order chi connectivity index (χ0) is 8.27. The third kappa shape index (κ3) is 1.84. The first-order chi connectivity index (χ1) is 5.29. The predicted molar refractivity (Wildman–Crippen MR) is 48.0 cm³/mol. The number of halogens is 2. The monoisotopic (exact) mass is 235 g/mol. The maximum atomic E-state index is 5.68. The molecule has 0 saturated carbocycles. The molecule has 4 heteroatoms. The number of pyridine rings is 1. The molecule has 2 nitrogen and oxygen atoms in total. The fourth-order valence-electron chi connectivity index (χ4n) is 0.750. The van der Waals surface area contributed by atoms with Gasteiger partial charge in [-0.1, -0.05) is 0 Å². The topological polar surface area (TPSA) is 22.1 Å². The van der Waals surface area contributed by atoms with Crippen LogP contribution in [-0.4, -0.2) is 12.1 Å². The zero-order valence-corrected chi connectivity index (χ0v) is 8.32. The highest BCUT2D eigenvalue weighted by Crippen LogP contribution is 2.26. The van der Waals surface area contributed by atoms with Crippen LogP contribution in [0.5, 0.6) is 5.75 Å². The number of aromatic nitrogens is 1. The highest BCUT2D eigenvalue weighted by atomic mass is 79.9. The van der Waals surface area contributed by atoms with E-state index in [-0.39, 0.29) is 0 Å². The number of nitrogens with zero attached hydrogens (tertiary/aromatic N) is 1. The summed E-state index contributed by atoms with van der Waals surface area (Å²) in [4.78, 5) is 3.93. The first-order valence-corrected chi connectivity index (χ1v) is 4.34. The van der Waals surface area contributed by atoms with E-state index >= 15 is 0 Å². The molecule has 1 aromatic heterocycles. The number of rotatable bonds is 2. The third-order valence-electron chi connectivity index (χ3n) is 1.32. The van der Waals surface area contributed by atoms with E-state index in [0.29, 0.717) is 5.88 Å². The number of alkyl halides is 1. The Morgan fingerprint density at radius 1 is 1.64 bits per heavy atom. The van der Waals surface area contributed by atoms with E-state index in [1.807, 2.05) is 0 Å². The van der Waals surface area contributed by atoms with Crippen molar-refractivity contribution < 1.29 is 4.74 Å². The van der Waals surface area contributed by atoms with Crippen LogP contribution in [-0.2, 0) is 5.88 Å². The lowest BCUT2D eigenvalue weighted by atomic mass is 10.3. The summed E-state index contributed by atoms with van der Waals surface area (Å²) in [5, 5.41) is 0. The predicted octanol–water partition coefficient (Wildman–Crippen LogP) is 2.59. The molecule has 0 aliphatic rings. The summed E-state index contributed by atoms with van der Waals surface area (Å²) >= 11 is 9.00. The Bertz CT molecular complexity index is 254.